The van der Waals surface area contributed by atoms with E-state index in [0.717, 1.165) is 5.71 Å². The van der Waals surface area contributed by atoms with Gasteiger partial charge in [0.1, 0.15) is 5.78 Å². The molecule has 2 fully saturated rings. The highest BCUT2D eigenvalue weighted by atomic mass is 35.5. The summed E-state index contributed by atoms with van der Waals surface area (Å²) in [6.07, 6.45) is 1.09. The van der Waals surface area contributed by atoms with Crippen LogP contribution in [-0.2, 0) is 14.3 Å². The minimum atomic E-state index is -0.548. The van der Waals surface area contributed by atoms with Crippen LogP contribution in [0.2, 0.25) is 5.02 Å². The Balaban J connectivity index is 1.88. The van der Waals surface area contributed by atoms with Crippen molar-refractivity contribution in [3.05, 3.63) is 34.0 Å². The molecule has 3 aliphatic rings. The lowest BCUT2D eigenvalue weighted by atomic mass is 9.63. The summed E-state index contributed by atoms with van der Waals surface area (Å²) in [6.45, 7) is 7.89. The molecule has 172 valence electrons. The van der Waals surface area contributed by atoms with E-state index < -0.39 is 11.8 Å². The van der Waals surface area contributed by atoms with Crippen LogP contribution in [-0.4, -0.2) is 60.8 Å². The zero-order chi connectivity index (χ0) is 23.2. The molecule has 1 amide bonds. The van der Waals surface area contributed by atoms with Gasteiger partial charge in [0.2, 0.25) is 0 Å². The average Bonchev–Trinajstić information content (AvgIpc) is 2.74. The third-order valence-corrected chi connectivity index (χ3v) is 6.81. The molecule has 2 aliphatic heterocycles. The zero-order valence-corrected chi connectivity index (χ0v) is 19.7. The van der Waals surface area contributed by atoms with Crippen LogP contribution in [0.4, 0.5) is 0 Å². The van der Waals surface area contributed by atoms with E-state index in [1.54, 1.807) is 17.0 Å². The molecule has 0 aromatic heterocycles. The molecule has 1 aromatic carbocycles. The van der Waals surface area contributed by atoms with Crippen LogP contribution in [0.1, 0.15) is 45.1 Å². The molecular formula is C24H29ClN2O5. The Hall–Kier alpha value is -2.38. The summed E-state index contributed by atoms with van der Waals surface area (Å²) in [5.41, 5.74) is 2.39. The van der Waals surface area contributed by atoms with E-state index in [4.69, 9.17) is 26.1 Å². The predicted octanol–water partition coefficient (Wildman–Crippen LogP) is 3.73. The van der Waals surface area contributed by atoms with Gasteiger partial charge in [-0.05, 0) is 36.5 Å². The molecular weight excluding hydrogens is 432 g/mol. The summed E-state index contributed by atoms with van der Waals surface area (Å²) in [7, 11) is 1.44. The topological polar surface area (TPSA) is 88.4 Å². The smallest absolute Gasteiger partial charge is 0.252 e. The van der Waals surface area contributed by atoms with Crippen molar-refractivity contribution in [2.45, 2.75) is 39.5 Å². The lowest BCUT2D eigenvalue weighted by molar-refractivity contribution is -0.131. The lowest BCUT2D eigenvalue weighted by Crippen LogP contribution is -2.47. The van der Waals surface area contributed by atoms with Gasteiger partial charge in [-0.1, -0.05) is 25.4 Å². The van der Waals surface area contributed by atoms with Gasteiger partial charge >= 0.3 is 0 Å². The number of phenolic OH excluding ortho intramolecular Hbond substituents is 1. The largest absolute Gasteiger partial charge is 0.503 e. The molecule has 1 aliphatic carbocycles. The molecule has 0 bridgehead atoms. The van der Waals surface area contributed by atoms with Crippen LogP contribution in [0.3, 0.4) is 0 Å². The number of Topliss-reactive ketones (excluding diaryl/α,β-unsaturated/α-hetero) is 1. The van der Waals surface area contributed by atoms with Crippen molar-refractivity contribution in [2.24, 2.45) is 16.3 Å². The van der Waals surface area contributed by atoms with Crippen LogP contribution in [0.25, 0.3) is 0 Å². The Morgan fingerprint density at radius 3 is 2.59 bits per heavy atom. The van der Waals surface area contributed by atoms with Crippen molar-refractivity contribution >= 4 is 29.0 Å². The van der Waals surface area contributed by atoms with Gasteiger partial charge in [0.05, 0.1) is 31.3 Å². The highest BCUT2D eigenvalue weighted by molar-refractivity contribution is 6.32. The molecule has 7 nitrogen and oxygen atoms in total. The third kappa shape index (κ3) is 4.04. The number of methoxy groups -OCH3 is 1. The van der Waals surface area contributed by atoms with Gasteiger partial charge in [0, 0.05) is 42.4 Å². The molecule has 0 spiro atoms. The third-order valence-electron chi connectivity index (χ3n) is 6.52. The van der Waals surface area contributed by atoms with Gasteiger partial charge in [0.15, 0.2) is 11.5 Å². The standard InChI is InChI=1S/C24H29ClN2O5/c1-13-19(23(30)27-5-7-32-8-6-27)20(14-9-15(25)22(29)18(10-14)31-4)21-16(26-13)11-24(2,3)12-17(21)28/h9-10,20-21,29H,5-8,11-12H2,1-4H3/t20-,21+/m1/s1. The van der Waals surface area contributed by atoms with Gasteiger partial charge in [-0.25, -0.2) is 0 Å². The second kappa shape index (κ2) is 8.52. The summed E-state index contributed by atoms with van der Waals surface area (Å²) in [5.74, 6) is -1.13. The maximum absolute atomic E-state index is 13.7. The van der Waals surface area contributed by atoms with Gasteiger partial charge < -0.3 is 19.5 Å². The molecule has 4 rings (SSSR count). The van der Waals surface area contributed by atoms with E-state index >= 15 is 0 Å². The molecule has 1 saturated heterocycles. The Morgan fingerprint density at radius 1 is 1.25 bits per heavy atom. The van der Waals surface area contributed by atoms with E-state index in [2.05, 4.69) is 13.8 Å². The molecule has 1 aromatic rings. The van der Waals surface area contributed by atoms with Crippen LogP contribution in [0, 0.1) is 11.3 Å². The number of halogens is 1. The number of aromatic hydroxyl groups is 1. The predicted molar refractivity (Wildman–Crippen MR) is 121 cm³/mol. The molecule has 0 unspecified atom stereocenters. The maximum Gasteiger partial charge on any atom is 0.252 e. The fourth-order valence-electron chi connectivity index (χ4n) is 5.10. The summed E-state index contributed by atoms with van der Waals surface area (Å²) < 4.78 is 10.7. The second-order valence-electron chi connectivity index (χ2n) is 9.50. The molecule has 1 saturated carbocycles. The molecule has 2 atom stereocenters. The SMILES string of the molecule is COc1cc([C@@H]2C(C(=O)N3CCOCC3)=C(C)N=C3CC(C)(C)CC(=O)[C@H]32)cc(Cl)c1O. The highest BCUT2D eigenvalue weighted by Crippen LogP contribution is 2.49. The van der Waals surface area contributed by atoms with Crippen molar-refractivity contribution in [3.8, 4) is 11.5 Å². The fraction of sp³-hybridized carbons (Fsp3) is 0.542. The maximum atomic E-state index is 13.7. The number of hydrogen-bond acceptors (Lipinski definition) is 6. The quantitative estimate of drug-likeness (QED) is 0.742. The Labute approximate surface area is 193 Å². The van der Waals surface area contributed by atoms with Gasteiger partial charge in [-0.2, -0.15) is 0 Å². The summed E-state index contributed by atoms with van der Waals surface area (Å²) in [6, 6.07) is 3.29. The van der Waals surface area contributed by atoms with E-state index in [1.807, 2.05) is 6.92 Å². The number of ketones is 1. The minimum absolute atomic E-state index is 0.0629. The first-order valence-electron chi connectivity index (χ1n) is 10.9. The first-order valence-corrected chi connectivity index (χ1v) is 11.2. The van der Waals surface area contributed by atoms with E-state index in [-0.39, 0.29) is 33.6 Å². The lowest BCUT2D eigenvalue weighted by Gasteiger charge is -2.42. The number of carbonyl (C=O) groups is 2. The van der Waals surface area contributed by atoms with Crippen LogP contribution >= 0.6 is 11.6 Å². The number of rotatable bonds is 3. The number of carbonyl (C=O) groups excluding carboxylic acids is 2. The van der Waals surface area contributed by atoms with Crippen molar-refractivity contribution < 1.29 is 24.2 Å². The molecule has 2 heterocycles. The molecule has 1 N–H and O–H groups in total. The highest BCUT2D eigenvalue weighted by Gasteiger charge is 2.48. The number of morpholine rings is 1. The number of benzene rings is 1. The molecule has 32 heavy (non-hydrogen) atoms. The van der Waals surface area contributed by atoms with E-state index in [1.165, 1.54) is 7.11 Å². The average molecular weight is 461 g/mol. The van der Waals surface area contributed by atoms with E-state index in [0.29, 0.717) is 56.0 Å². The summed E-state index contributed by atoms with van der Waals surface area (Å²) >= 11 is 6.31. The number of hydrogen-bond donors (Lipinski definition) is 1. The van der Waals surface area contributed by atoms with Crippen molar-refractivity contribution in [1.29, 1.82) is 0 Å². The van der Waals surface area contributed by atoms with E-state index in [9.17, 15) is 14.7 Å². The zero-order valence-electron chi connectivity index (χ0n) is 18.9. The normalized spacial score (nSPS) is 25.3. The second-order valence-corrected chi connectivity index (χ2v) is 9.91. The first kappa shape index (κ1) is 22.8. The Morgan fingerprint density at radius 2 is 1.94 bits per heavy atom. The van der Waals surface area contributed by atoms with Crippen molar-refractivity contribution in [3.63, 3.8) is 0 Å². The van der Waals surface area contributed by atoms with Crippen LogP contribution in [0.5, 0.6) is 11.5 Å². The number of phenols is 1. The fourth-order valence-corrected chi connectivity index (χ4v) is 5.32. The number of amides is 1. The summed E-state index contributed by atoms with van der Waals surface area (Å²) in [5, 5.41) is 10.4. The Kier molecular flexibility index (Phi) is 6.07. The van der Waals surface area contributed by atoms with Gasteiger partial charge in [-0.3, -0.25) is 14.6 Å². The van der Waals surface area contributed by atoms with Crippen molar-refractivity contribution in [2.75, 3.05) is 33.4 Å². The first-order chi connectivity index (χ1) is 15.1. The molecule has 0 radical (unpaired) electrons. The number of ether oxygens (including phenoxy) is 2. The van der Waals surface area contributed by atoms with Crippen LogP contribution < -0.4 is 4.74 Å². The monoisotopic (exact) mass is 460 g/mol. The number of fused-ring (bicyclic) bond motifs is 1. The minimum Gasteiger partial charge on any atom is -0.503 e. The van der Waals surface area contributed by atoms with Gasteiger partial charge in [0.25, 0.3) is 5.91 Å². The van der Waals surface area contributed by atoms with Gasteiger partial charge in [-0.15, -0.1) is 0 Å². The Bertz CT molecular complexity index is 1020. The number of nitrogens with zero attached hydrogens (tertiary/aromatic N) is 2. The molecule has 8 heteroatoms. The van der Waals surface area contributed by atoms with Crippen LogP contribution in [0.15, 0.2) is 28.4 Å². The number of aliphatic imine (C=N–C) groups is 1. The summed E-state index contributed by atoms with van der Waals surface area (Å²) in [4.78, 5) is 33.6. The number of allylic oxidation sites excluding steroid dienone is 1. The van der Waals surface area contributed by atoms with Crippen molar-refractivity contribution in [1.82, 2.24) is 4.90 Å².